The lowest BCUT2D eigenvalue weighted by Crippen LogP contribution is -2.50. The molecule has 7 heteroatoms. The Morgan fingerprint density at radius 1 is 1.20 bits per heavy atom. The quantitative estimate of drug-likeness (QED) is 0.892. The van der Waals surface area contributed by atoms with Crippen LogP contribution >= 0.6 is 0 Å². The van der Waals surface area contributed by atoms with Gasteiger partial charge < -0.3 is 10.4 Å². The number of alkyl halides is 3. The number of carbonyl (C=O) groups is 1. The number of carboxylic acid groups (broad SMARTS) is 1. The fourth-order valence-electron chi connectivity index (χ4n) is 1.38. The van der Waals surface area contributed by atoms with Crippen LogP contribution in [-0.4, -0.2) is 21.6 Å². The summed E-state index contributed by atoms with van der Waals surface area (Å²) >= 11 is 0. The van der Waals surface area contributed by atoms with Crippen molar-refractivity contribution >= 4 is 11.8 Å². The number of rotatable bonds is 4. The Kier molecular flexibility index (Phi) is 4.03. The molecule has 0 atom stereocenters. The Morgan fingerprint density at radius 3 is 2.10 bits per heavy atom. The number of hydrogen-bond donors (Lipinski definition) is 2. The Balaban J connectivity index is 2.97. The van der Waals surface area contributed by atoms with Crippen molar-refractivity contribution in [2.75, 3.05) is 5.32 Å². The molecule has 0 radical (unpaired) electrons. The highest BCUT2D eigenvalue weighted by Gasteiger charge is 2.43. The summed E-state index contributed by atoms with van der Waals surface area (Å²) in [4.78, 5) is 14.9. The van der Waals surface area contributed by atoms with Crippen LogP contribution in [-0.2, 0) is 11.0 Å². The number of anilines is 1. The Morgan fingerprint density at radius 2 is 1.75 bits per heavy atom. The first-order valence-corrected chi connectivity index (χ1v) is 5.93. The van der Waals surface area contributed by atoms with E-state index >= 15 is 0 Å². The monoisotopic (exact) mass is 290 g/mol. The molecule has 0 saturated carbocycles. The standard InChI is InChI=1S/C13H17F3N2O2/c1-11(2,10(19)20)12(3,4)18-9-6-5-8(7-17-9)13(14,15)16/h5-7H,1-4H3,(H,17,18)(H,19,20). The van der Waals surface area contributed by atoms with E-state index in [0.29, 0.717) is 6.20 Å². The molecule has 0 spiro atoms. The molecule has 0 fully saturated rings. The van der Waals surface area contributed by atoms with Crippen LogP contribution in [0.15, 0.2) is 18.3 Å². The molecule has 20 heavy (non-hydrogen) atoms. The number of aliphatic carboxylic acids is 1. The molecule has 1 rings (SSSR count). The zero-order valence-electron chi connectivity index (χ0n) is 11.7. The van der Waals surface area contributed by atoms with E-state index in [0.717, 1.165) is 6.07 Å². The zero-order valence-corrected chi connectivity index (χ0v) is 11.7. The molecule has 1 aromatic rings. The second kappa shape index (κ2) is 4.96. The van der Waals surface area contributed by atoms with Crippen molar-refractivity contribution in [3.8, 4) is 0 Å². The molecule has 0 saturated heterocycles. The molecule has 0 aliphatic carbocycles. The van der Waals surface area contributed by atoms with Crippen LogP contribution in [0.1, 0.15) is 33.3 Å². The molecule has 2 N–H and O–H groups in total. The van der Waals surface area contributed by atoms with E-state index in [-0.39, 0.29) is 5.82 Å². The maximum Gasteiger partial charge on any atom is 0.417 e. The summed E-state index contributed by atoms with van der Waals surface area (Å²) < 4.78 is 37.2. The highest BCUT2D eigenvalue weighted by atomic mass is 19.4. The maximum atomic E-state index is 12.4. The summed E-state index contributed by atoms with van der Waals surface area (Å²) in [6.45, 7) is 6.37. The number of aromatic nitrogens is 1. The van der Waals surface area contributed by atoms with Crippen molar-refractivity contribution in [2.45, 2.75) is 39.4 Å². The normalized spacial score (nSPS) is 13.2. The molecule has 1 heterocycles. The van der Waals surface area contributed by atoms with Crippen molar-refractivity contribution in [1.82, 2.24) is 4.98 Å². The van der Waals surface area contributed by atoms with Gasteiger partial charge in [0, 0.05) is 11.7 Å². The van der Waals surface area contributed by atoms with Crippen molar-refractivity contribution in [1.29, 1.82) is 0 Å². The van der Waals surface area contributed by atoms with Crippen molar-refractivity contribution < 1.29 is 23.1 Å². The van der Waals surface area contributed by atoms with Gasteiger partial charge in [-0.05, 0) is 39.8 Å². The highest BCUT2D eigenvalue weighted by molar-refractivity contribution is 5.76. The third-order valence-corrected chi connectivity index (χ3v) is 3.63. The van der Waals surface area contributed by atoms with Gasteiger partial charge >= 0.3 is 12.1 Å². The molecular formula is C13H17F3N2O2. The van der Waals surface area contributed by atoms with Crippen molar-refractivity contribution in [3.05, 3.63) is 23.9 Å². The third kappa shape index (κ3) is 3.20. The van der Waals surface area contributed by atoms with Crippen LogP contribution in [0.3, 0.4) is 0 Å². The second-order valence-electron chi connectivity index (χ2n) is 5.61. The van der Waals surface area contributed by atoms with E-state index in [1.807, 2.05) is 0 Å². The lowest BCUT2D eigenvalue weighted by atomic mass is 9.74. The fourth-order valence-corrected chi connectivity index (χ4v) is 1.38. The molecule has 0 aromatic carbocycles. The van der Waals surface area contributed by atoms with Gasteiger partial charge in [0.2, 0.25) is 0 Å². The van der Waals surface area contributed by atoms with Crippen molar-refractivity contribution in [3.63, 3.8) is 0 Å². The molecular weight excluding hydrogens is 273 g/mol. The van der Waals surface area contributed by atoms with E-state index < -0.39 is 28.7 Å². The Labute approximate surface area is 115 Å². The van der Waals surface area contributed by atoms with Gasteiger partial charge in [0.15, 0.2) is 0 Å². The molecule has 0 unspecified atom stereocenters. The molecule has 1 aromatic heterocycles. The van der Waals surface area contributed by atoms with Gasteiger partial charge in [-0.2, -0.15) is 13.2 Å². The first-order valence-electron chi connectivity index (χ1n) is 5.93. The lowest BCUT2D eigenvalue weighted by Gasteiger charge is -2.39. The van der Waals surface area contributed by atoms with Gasteiger partial charge in [0.05, 0.1) is 11.0 Å². The summed E-state index contributed by atoms with van der Waals surface area (Å²) in [6, 6.07) is 2.09. The minimum Gasteiger partial charge on any atom is -0.481 e. The maximum absolute atomic E-state index is 12.4. The van der Waals surface area contributed by atoms with E-state index in [1.54, 1.807) is 13.8 Å². The van der Waals surface area contributed by atoms with Gasteiger partial charge in [-0.15, -0.1) is 0 Å². The van der Waals surface area contributed by atoms with Gasteiger partial charge in [-0.25, -0.2) is 4.98 Å². The average Bonchev–Trinajstić information content (AvgIpc) is 2.27. The van der Waals surface area contributed by atoms with Crippen LogP contribution in [0.4, 0.5) is 19.0 Å². The molecule has 0 bridgehead atoms. The Hall–Kier alpha value is -1.79. The number of nitrogens with one attached hydrogen (secondary N) is 1. The van der Waals surface area contributed by atoms with Gasteiger partial charge in [-0.3, -0.25) is 4.79 Å². The largest absolute Gasteiger partial charge is 0.481 e. The number of nitrogens with zero attached hydrogens (tertiary/aromatic N) is 1. The van der Waals surface area contributed by atoms with Crippen LogP contribution in [0, 0.1) is 5.41 Å². The summed E-state index contributed by atoms with van der Waals surface area (Å²) in [5, 5.41) is 12.1. The number of halogens is 3. The van der Waals surface area contributed by atoms with Crippen LogP contribution in [0.25, 0.3) is 0 Å². The zero-order chi connectivity index (χ0) is 15.8. The van der Waals surface area contributed by atoms with Gasteiger partial charge in [0.25, 0.3) is 0 Å². The smallest absolute Gasteiger partial charge is 0.417 e. The summed E-state index contributed by atoms with van der Waals surface area (Å²) in [6.07, 6.45) is -3.73. The number of pyridine rings is 1. The number of carboxylic acids is 1. The SMILES string of the molecule is CC(C)(Nc1ccc(C(F)(F)F)cn1)C(C)(C)C(=O)O. The van der Waals surface area contributed by atoms with Crippen LogP contribution < -0.4 is 5.32 Å². The molecule has 4 nitrogen and oxygen atoms in total. The van der Waals surface area contributed by atoms with Crippen molar-refractivity contribution in [2.24, 2.45) is 5.41 Å². The van der Waals surface area contributed by atoms with Gasteiger partial charge in [0.1, 0.15) is 5.82 Å². The van der Waals surface area contributed by atoms with E-state index in [2.05, 4.69) is 10.3 Å². The first-order chi connectivity index (χ1) is 8.88. The van der Waals surface area contributed by atoms with E-state index in [1.165, 1.54) is 19.9 Å². The summed E-state index contributed by atoms with van der Waals surface area (Å²) in [7, 11) is 0. The van der Waals surface area contributed by atoms with Gasteiger partial charge in [-0.1, -0.05) is 0 Å². The second-order valence-corrected chi connectivity index (χ2v) is 5.61. The minimum absolute atomic E-state index is 0.192. The minimum atomic E-state index is -4.44. The number of hydrogen-bond acceptors (Lipinski definition) is 3. The predicted octanol–water partition coefficient (Wildman–Crippen LogP) is 3.40. The Bertz CT molecular complexity index is 493. The lowest BCUT2D eigenvalue weighted by molar-refractivity contribution is -0.149. The molecule has 0 aliphatic heterocycles. The fraction of sp³-hybridized carbons (Fsp3) is 0.538. The topological polar surface area (TPSA) is 62.2 Å². The highest BCUT2D eigenvalue weighted by Crippen LogP contribution is 2.34. The average molecular weight is 290 g/mol. The third-order valence-electron chi connectivity index (χ3n) is 3.63. The molecule has 0 amide bonds. The van der Waals surface area contributed by atoms with Crippen LogP contribution in [0.2, 0.25) is 0 Å². The predicted molar refractivity (Wildman–Crippen MR) is 68.4 cm³/mol. The first kappa shape index (κ1) is 16.3. The molecule has 112 valence electrons. The summed E-state index contributed by atoms with van der Waals surface area (Å²) in [5.74, 6) is -0.820. The van der Waals surface area contributed by atoms with E-state index in [4.69, 9.17) is 0 Å². The molecule has 0 aliphatic rings. The van der Waals surface area contributed by atoms with E-state index in [9.17, 15) is 23.1 Å². The van der Waals surface area contributed by atoms with Crippen LogP contribution in [0.5, 0.6) is 0 Å². The summed E-state index contributed by atoms with van der Waals surface area (Å²) in [5.41, 5.74) is -2.87.